The molecule has 1 aliphatic rings. The minimum Gasteiger partial charge on any atom is -0.484 e. The lowest BCUT2D eigenvalue weighted by Crippen LogP contribution is -2.39. The van der Waals surface area contributed by atoms with Crippen LogP contribution >= 0.6 is 0 Å². The molecule has 2 amide bonds. The predicted molar refractivity (Wildman–Crippen MR) is 117 cm³/mol. The number of anilines is 1. The highest BCUT2D eigenvalue weighted by Gasteiger charge is 2.30. The molecule has 152 valence electrons. The summed E-state index contributed by atoms with van der Waals surface area (Å²) in [4.78, 5) is 27.0. The fourth-order valence-corrected chi connectivity index (χ4v) is 3.77. The molecule has 1 atom stereocenters. The number of hydrogen-bond donors (Lipinski definition) is 1. The van der Waals surface area contributed by atoms with Crippen molar-refractivity contribution in [1.29, 1.82) is 0 Å². The number of para-hydroxylation sites is 1. The average molecular weight is 400 g/mol. The number of amides is 2. The van der Waals surface area contributed by atoms with Crippen LogP contribution in [-0.2, 0) is 17.8 Å². The van der Waals surface area contributed by atoms with Crippen LogP contribution in [0.1, 0.15) is 28.4 Å². The van der Waals surface area contributed by atoms with Crippen molar-refractivity contribution in [2.24, 2.45) is 0 Å². The van der Waals surface area contributed by atoms with E-state index in [2.05, 4.69) is 11.4 Å². The van der Waals surface area contributed by atoms with Crippen molar-refractivity contribution in [1.82, 2.24) is 5.32 Å². The van der Waals surface area contributed by atoms with Crippen molar-refractivity contribution in [2.45, 2.75) is 25.9 Å². The quantitative estimate of drug-likeness (QED) is 0.681. The molecule has 5 nitrogen and oxygen atoms in total. The summed E-state index contributed by atoms with van der Waals surface area (Å²) in [5, 5.41) is 2.90. The third kappa shape index (κ3) is 4.35. The number of nitrogens with zero attached hydrogens (tertiary/aromatic N) is 1. The highest BCUT2D eigenvalue weighted by molar-refractivity contribution is 5.97. The second-order valence-electron chi connectivity index (χ2n) is 7.43. The summed E-state index contributed by atoms with van der Waals surface area (Å²) in [6.07, 6.45) is 0.846. The van der Waals surface area contributed by atoms with Gasteiger partial charge < -0.3 is 15.0 Å². The number of nitrogens with one attached hydrogen (secondary N) is 1. The lowest BCUT2D eigenvalue weighted by atomic mass is 10.1. The van der Waals surface area contributed by atoms with E-state index in [4.69, 9.17) is 4.74 Å². The van der Waals surface area contributed by atoms with E-state index in [0.29, 0.717) is 17.9 Å². The van der Waals surface area contributed by atoms with Crippen LogP contribution in [0.2, 0.25) is 0 Å². The van der Waals surface area contributed by atoms with Gasteiger partial charge in [-0.15, -0.1) is 0 Å². The van der Waals surface area contributed by atoms with Gasteiger partial charge >= 0.3 is 0 Å². The van der Waals surface area contributed by atoms with E-state index in [0.717, 1.165) is 17.7 Å². The van der Waals surface area contributed by atoms with Gasteiger partial charge in [-0.25, -0.2) is 0 Å². The molecule has 1 N–H and O–H groups in total. The molecule has 4 rings (SSSR count). The Morgan fingerprint density at radius 2 is 1.77 bits per heavy atom. The minimum atomic E-state index is -0.183. The topological polar surface area (TPSA) is 58.6 Å². The smallest absolute Gasteiger partial charge is 0.265 e. The molecule has 0 saturated carbocycles. The van der Waals surface area contributed by atoms with Gasteiger partial charge in [-0.2, -0.15) is 0 Å². The Balaban J connectivity index is 1.36. The monoisotopic (exact) mass is 400 g/mol. The van der Waals surface area contributed by atoms with E-state index >= 15 is 0 Å². The zero-order valence-corrected chi connectivity index (χ0v) is 16.9. The molecular weight excluding hydrogens is 376 g/mol. The van der Waals surface area contributed by atoms with Gasteiger partial charge in [-0.05, 0) is 48.7 Å². The summed E-state index contributed by atoms with van der Waals surface area (Å²) in [6.45, 7) is 2.42. The molecule has 30 heavy (non-hydrogen) atoms. The maximum absolute atomic E-state index is 12.8. The average Bonchev–Trinajstić information content (AvgIpc) is 3.12. The molecule has 3 aromatic rings. The third-order valence-electron chi connectivity index (χ3n) is 5.23. The summed E-state index contributed by atoms with van der Waals surface area (Å²) in [5.41, 5.74) is 3.66. The fourth-order valence-electron chi connectivity index (χ4n) is 3.77. The minimum absolute atomic E-state index is 0.0756. The number of ether oxygens (including phenoxy) is 1. The fraction of sp³-hybridized carbons (Fsp3) is 0.200. The Morgan fingerprint density at radius 3 is 2.60 bits per heavy atom. The molecule has 0 fully saturated rings. The summed E-state index contributed by atoms with van der Waals surface area (Å²) in [6, 6.07) is 24.7. The predicted octanol–water partition coefficient (Wildman–Crippen LogP) is 3.97. The number of benzene rings is 3. The van der Waals surface area contributed by atoms with Crippen LogP contribution < -0.4 is 15.0 Å². The molecule has 0 bridgehead atoms. The van der Waals surface area contributed by atoms with Crippen LogP contribution in [0.4, 0.5) is 5.69 Å². The second kappa shape index (κ2) is 8.82. The van der Waals surface area contributed by atoms with E-state index in [1.165, 1.54) is 5.56 Å². The third-order valence-corrected chi connectivity index (χ3v) is 5.23. The Hall–Kier alpha value is -3.60. The molecule has 0 aromatic heterocycles. The van der Waals surface area contributed by atoms with Crippen molar-refractivity contribution in [3.05, 3.63) is 95.6 Å². The number of rotatable bonds is 6. The largest absolute Gasteiger partial charge is 0.484 e. The SMILES string of the molecule is C[C@H]1Cc2ccccc2N1C(=O)COc1cccc(C(=O)NCc2ccccc2)c1. The molecule has 5 heteroatoms. The highest BCUT2D eigenvalue weighted by Crippen LogP contribution is 2.31. The van der Waals surface area contributed by atoms with Crippen LogP contribution in [0, 0.1) is 0 Å². The van der Waals surface area contributed by atoms with Crippen molar-refractivity contribution >= 4 is 17.5 Å². The van der Waals surface area contributed by atoms with Gasteiger partial charge in [0.1, 0.15) is 5.75 Å². The van der Waals surface area contributed by atoms with Gasteiger partial charge in [0.05, 0.1) is 0 Å². The summed E-state index contributed by atoms with van der Waals surface area (Å²) in [7, 11) is 0. The number of fused-ring (bicyclic) bond motifs is 1. The van der Waals surface area contributed by atoms with Gasteiger partial charge in [0, 0.05) is 23.8 Å². The maximum atomic E-state index is 12.8. The Morgan fingerprint density at radius 1 is 1.00 bits per heavy atom. The molecule has 1 aliphatic heterocycles. The van der Waals surface area contributed by atoms with Crippen LogP contribution in [0.5, 0.6) is 5.75 Å². The molecule has 1 heterocycles. The molecular formula is C25H24N2O3. The van der Waals surface area contributed by atoms with Crippen LogP contribution in [0.15, 0.2) is 78.9 Å². The van der Waals surface area contributed by atoms with Gasteiger partial charge in [0.2, 0.25) is 0 Å². The van der Waals surface area contributed by atoms with E-state index in [9.17, 15) is 9.59 Å². The van der Waals surface area contributed by atoms with Crippen LogP contribution in [-0.4, -0.2) is 24.5 Å². The Labute approximate surface area is 176 Å². The molecule has 0 aliphatic carbocycles. The Kier molecular flexibility index (Phi) is 5.80. The number of hydrogen-bond acceptors (Lipinski definition) is 3. The zero-order valence-electron chi connectivity index (χ0n) is 16.9. The standard InChI is InChI=1S/C25H24N2O3/c1-18-14-20-10-5-6-13-23(20)27(18)24(28)17-30-22-12-7-11-21(15-22)25(29)26-16-19-8-3-2-4-9-19/h2-13,15,18H,14,16-17H2,1H3,(H,26,29)/t18-/m0/s1. The van der Waals surface area contributed by atoms with E-state index in [-0.39, 0.29) is 24.5 Å². The highest BCUT2D eigenvalue weighted by atomic mass is 16.5. The van der Waals surface area contributed by atoms with Crippen molar-refractivity contribution in [3.8, 4) is 5.75 Å². The summed E-state index contributed by atoms with van der Waals surface area (Å²) >= 11 is 0. The van der Waals surface area contributed by atoms with E-state index < -0.39 is 0 Å². The zero-order chi connectivity index (χ0) is 20.9. The molecule has 3 aromatic carbocycles. The maximum Gasteiger partial charge on any atom is 0.265 e. The van der Waals surface area contributed by atoms with Crippen LogP contribution in [0.25, 0.3) is 0 Å². The molecule has 0 spiro atoms. The molecule has 0 saturated heterocycles. The van der Waals surface area contributed by atoms with Gasteiger partial charge in [0.25, 0.3) is 11.8 Å². The number of carbonyl (C=O) groups is 2. The van der Waals surface area contributed by atoms with Gasteiger partial charge in [-0.1, -0.05) is 54.6 Å². The second-order valence-corrected chi connectivity index (χ2v) is 7.43. The van der Waals surface area contributed by atoms with E-state index in [1.807, 2.05) is 55.5 Å². The number of carbonyl (C=O) groups excluding carboxylic acids is 2. The van der Waals surface area contributed by atoms with E-state index in [1.54, 1.807) is 29.2 Å². The first-order chi connectivity index (χ1) is 14.6. The molecule has 0 radical (unpaired) electrons. The summed E-state index contributed by atoms with van der Waals surface area (Å²) < 4.78 is 5.73. The van der Waals surface area contributed by atoms with Gasteiger partial charge in [0.15, 0.2) is 6.61 Å². The lowest BCUT2D eigenvalue weighted by molar-refractivity contribution is -0.120. The first-order valence-electron chi connectivity index (χ1n) is 10.1. The van der Waals surface area contributed by atoms with Crippen LogP contribution in [0.3, 0.4) is 0 Å². The van der Waals surface area contributed by atoms with Crippen molar-refractivity contribution in [3.63, 3.8) is 0 Å². The van der Waals surface area contributed by atoms with Gasteiger partial charge in [-0.3, -0.25) is 9.59 Å². The normalized spacial score (nSPS) is 14.8. The first kappa shape index (κ1) is 19.7. The first-order valence-corrected chi connectivity index (χ1v) is 10.1. The van der Waals surface area contributed by atoms with Crippen molar-refractivity contribution < 1.29 is 14.3 Å². The van der Waals surface area contributed by atoms with Crippen molar-refractivity contribution in [2.75, 3.05) is 11.5 Å². The molecule has 0 unspecified atom stereocenters. The lowest BCUT2D eigenvalue weighted by Gasteiger charge is -2.22. The summed E-state index contributed by atoms with van der Waals surface area (Å²) in [5.74, 6) is 0.222. The Bertz CT molecular complexity index is 1050.